The summed E-state index contributed by atoms with van der Waals surface area (Å²) >= 11 is 0. The monoisotopic (exact) mass is 451 g/mol. The van der Waals surface area contributed by atoms with Crippen LogP contribution in [-0.4, -0.2) is 41.6 Å². The van der Waals surface area contributed by atoms with Gasteiger partial charge < -0.3 is 9.88 Å². The summed E-state index contributed by atoms with van der Waals surface area (Å²) in [4.78, 5) is 13.6. The molecule has 0 atom stereocenters. The van der Waals surface area contributed by atoms with Gasteiger partial charge in [0.1, 0.15) is 5.82 Å². The first-order valence-electron chi connectivity index (χ1n) is 11.8. The number of fused-ring (bicyclic) bond motifs is 2. The molecule has 0 bridgehead atoms. The Kier molecular flexibility index (Phi) is 4.81. The van der Waals surface area contributed by atoms with Crippen LogP contribution in [0, 0.1) is 12.8 Å². The third kappa shape index (κ3) is 3.73. The molecule has 33 heavy (non-hydrogen) atoms. The second kappa shape index (κ2) is 7.74. The molecule has 7 nitrogen and oxygen atoms in total. The number of rotatable bonds is 6. The van der Waals surface area contributed by atoms with Crippen molar-refractivity contribution in [2.45, 2.75) is 63.8 Å². The van der Waals surface area contributed by atoms with Crippen molar-refractivity contribution >= 4 is 22.6 Å². The van der Waals surface area contributed by atoms with Gasteiger partial charge in [-0.3, -0.25) is 0 Å². The number of nitrogens with zero attached hydrogens (tertiary/aromatic N) is 6. The lowest BCUT2D eigenvalue weighted by atomic mass is 9.95. The lowest BCUT2D eigenvalue weighted by molar-refractivity contribution is -0.00834. The minimum absolute atomic E-state index is 0.199. The Bertz CT molecular complexity index is 1320. The molecule has 0 aliphatic heterocycles. The van der Waals surface area contributed by atoms with Crippen molar-refractivity contribution in [2.75, 3.05) is 11.9 Å². The maximum absolute atomic E-state index is 14.0. The highest BCUT2D eigenvalue weighted by Crippen LogP contribution is 2.43. The molecule has 0 aromatic carbocycles. The molecule has 1 N–H and O–H groups in total. The van der Waals surface area contributed by atoms with E-state index in [1.54, 1.807) is 10.7 Å². The minimum atomic E-state index is -2.72. The lowest BCUT2D eigenvalue weighted by Crippen LogP contribution is -2.30. The number of aromatic nitrogens is 6. The maximum atomic E-state index is 14.0. The Balaban J connectivity index is 1.31. The van der Waals surface area contributed by atoms with Gasteiger partial charge in [0.25, 0.3) is 5.92 Å². The van der Waals surface area contributed by atoms with E-state index in [2.05, 4.69) is 37.9 Å². The molecule has 4 heterocycles. The van der Waals surface area contributed by atoms with Gasteiger partial charge in [-0.1, -0.05) is 19.3 Å². The number of pyridine rings is 1. The fourth-order valence-corrected chi connectivity index (χ4v) is 5.11. The number of hydrogen-bond donors (Lipinski definition) is 1. The van der Waals surface area contributed by atoms with Crippen LogP contribution in [0.3, 0.4) is 0 Å². The van der Waals surface area contributed by atoms with Gasteiger partial charge in [0.05, 0.1) is 23.8 Å². The number of imidazole rings is 1. The van der Waals surface area contributed by atoms with Crippen molar-refractivity contribution < 1.29 is 8.78 Å². The zero-order chi connectivity index (χ0) is 22.6. The van der Waals surface area contributed by atoms with Gasteiger partial charge in [-0.05, 0) is 44.7 Å². The second-order valence-corrected chi connectivity index (χ2v) is 9.42. The first-order chi connectivity index (χ1) is 16.0. The van der Waals surface area contributed by atoms with Crippen LogP contribution in [0.2, 0.25) is 0 Å². The molecule has 0 unspecified atom stereocenters. The van der Waals surface area contributed by atoms with Gasteiger partial charge in [-0.25, -0.2) is 28.2 Å². The number of aryl methyl sites for hydroxylation is 1. The van der Waals surface area contributed by atoms with Crippen molar-refractivity contribution in [2.24, 2.45) is 5.92 Å². The molecule has 172 valence electrons. The van der Waals surface area contributed by atoms with Crippen LogP contribution in [-0.2, 0) is 0 Å². The van der Waals surface area contributed by atoms with E-state index in [1.165, 1.54) is 32.1 Å². The molecule has 2 aliphatic rings. The summed E-state index contributed by atoms with van der Waals surface area (Å²) < 4.78 is 32.0. The topological polar surface area (TPSA) is 72.9 Å². The van der Waals surface area contributed by atoms with E-state index in [-0.39, 0.29) is 5.95 Å². The lowest BCUT2D eigenvalue weighted by Gasteiger charge is -2.24. The van der Waals surface area contributed by atoms with E-state index in [4.69, 9.17) is 4.98 Å². The largest absolute Gasteiger partial charge is 0.347 e. The molecule has 2 saturated carbocycles. The molecule has 6 rings (SSSR count). The van der Waals surface area contributed by atoms with E-state index >= 15 is 0 Å². The van der Waals surface area contributed by atoms with Crippen LogP contribution in [0.1, 0.15) is 56.8 Å². The van der Waals surface area contributed by atoms with Crippen LogP contribution in [0.25, 0.3) is 27.8 Å². The average Bonchev–Trinajstić information content (AvgIpc) is 3.53. The highest BCUT2D eigenvalue weighted by atomic mass is 19.3. The average molecular weight is 452 g/mol. The first-order valence-corrected chi connectivity index (χ1v) is 11.8. The van der Waals surface area contributed by atoms with Crippen LogP contribution in [0.4, 0.5) is 14.7 Å². The predicted molar refractivity (Wildman–Crippen MR) is 123 cm³/mol. The van der Waals surface area contributed by atoms with E-state index in [1.807, 2.05) is 18.5 Å². The molecule has 0 saturated heterocycles. The standard InChI is InChI=1S/C24H27F2N7/c1-15-30-22-20(33(15)18-5-3-2-4-6-18)11-16(12-27-22)19-9-10-32-21(19)13-28-23(31-32)29-14-24(25,26)17-7-8-17/h9-13,17-18H,2-8,14H2,1H3,(H,29,31). The Morgan fingerprint density at radius 2 is 1.88 bits per heavy atom. The molecule has 0 amide bonds. The number of alkyl halides is 2. The van der Waals surface area contributed by atoms with Gasteiger partial charge >= 0.3 is 0 Å². The quantitative estimate of drug-likeness (QED) is 0.424. The van der Waals surface area contributed by atoms with Gasteiger partial charge in [-0.2, -0.15) is 0 Å². The summed E-state index contributed by atoms with van der Waals surface area (Å²) in [5.74, 6) is -2.03. The van der Waals surface area contributed by atoms with Crippen molar-refractivity contribution in [1.82, 2.24) is 29.1 Å². The maximum Gasteiger partial charge on any atom is 0.267 e. The summed E-state index contributed by atoms with van der Waals surface area (Å²) in [6.07, 6.45) is 12.7. The number of anilines is 1. The Hall–Kier alpha value is -3.10. The van der Waals surface area contributed by atoms with Gasteiger partial charge in [0, 0.05) is 35.5 Å². The summed E-state index contributed by atoms with van der Waals surface area (Å²) in [6, 6.07) is 4.58. The summed E-state index contributed by atoms with van der Waals surface area (Å²) in [6.45, 7) is 1.61. The smallest absolute Gasteiger partial charge is 0.267 e. The van der Waals surface area contributed by atoms with Crippen LogP contribution >= 0.6 is 0 Å². The number of halogens is 2. The summed E-state index contributed by atoms with van der Waals surface area (Å²) in [5, 5.41) is 7.09. The molecule has 0 spiro atoms. The molecule has 9 heteroatoms. The van der Waals surface area contributed by atoms with Crippen molar-refractivity contribution in [3.8, 4) is 11.1 Å². The predicted octanol–water partition coefficient (Wildman–Crippen LogP) is 5.41. The highest BCUT2D eigenvalue weighted by molar-refractivity contribution is 5.85. The summed E-state index contributed by atoms with van der Waals surface area (Å²) in [7, 11) is 0. The molecule has 4 aromatic rings. The third-order valence-electron chi connectivity index (χ3n) is 7.05. The molecular formula is C24H27F2N7. The van der Waals surface area contributed by atoms with Crippen molar-refractivity contribution in [1.29, 1.82) is 0 Å². The Morgan fingerprint density at radius 3 is 2.67 bits per heavy atom. The zero-order valence-electron chi connectivity index (χ0n) is 18.6. The first kappa shape index (κ1) is 20.5. The summed E-state index contributed by atoms with van der Waals surface area (Å²) in [5.41, 5.74) is 4.54. The van der Waals surface area contributed by atoms with E-state index in [0.29, 0.717) is 18.9 Å². The molecule has 2 fully saturated rings. The van der Waals surface area contributed by atoms with Crippen molar-refractivity contribution in [3.05, 3.63) is 36.5 Å². The van der Waals surface area contributed by atoms with E-state index in [9.17, 15) is 8.78 Å². The number of hydrogen-bond acceptors (Lipinski definition) is 5. The van der Waals surface area contributed by atoms with E-state index < -0.39 is 18.4 Å². The number of nitrogens with one attached hydrogen (secondary N) is 1. The zero-order valence-corrected chi connectivity index (χ0v) is 18.6. The minimum Gasteiger partial charge on any atom is -0.347 e. The molecule has 0 radical (unpaired) electrons. The Labute approximate surface area is 190 Å². The van der Waals surface area contributed by atoms with Gasteiger partial charge in [-0.15, -0.1) is 5.10 Å². The fraction of sp³-hybridized carbons (Fsp3) is 0.500. The van der Waals surface area contributed by atoms with E-state index in [0.717, 1.165) is 33.6 Å². The molecular weight excluding hydrogens is 424 g/mol. The third-order valence-corrected chi connectivity index (χ3v) is 7.05. The molecule has 2 aliphatic carbocycles. The SMILES string of the molecule is Cc1nc2ncc(-c3ccn4nc(NCC(F)(F)C5CC5)ncc34)cc2n1C1CCCCC1. The fourth-order valence-electron chi connectivity index (χ4n) is 5.11. The van der Waals surface area contributed by atoms with Crippen LogP contribution in [0.15, 0.2) is 30.7 Å². The van der Waals surface area contributed by atoms with Crippen LogP contribution in [0.5, 0.6) is 0 Å². The van der Waals surface area contributed by atoms with Gasteiger partial charge in [0.2, 0.25) is 5.95 Å². The van der Waals surface area contributed by atoms with Crippen LogP contribution < -0.4 is 5.32 Å². The Morgan fingerprint density at radius 1 is 1.06 bits per heavy atom. The van der Waals surface area contributed by atoms with Gasteiger partial charge in [0.15, 0.2) is 5.65 Å². The highest BCUT2D eigenvalue weighted by Gasteiger charge is 2.46. The van der Waals surface area contributed by atoms with Crippen molar-refractivity contribution in [3.63, 3.8) is 0 Å². The second-order valence-electron chi connectivity index (χ2n) is 9.42. The normalized spacial score (nSPS) is 17.8. The molecule has 4 aromatic heterocycles.